The van der Waals surface area contributed by atoms with Gasteiger partial charge in [-0.25, -0.2) is 0 Å². The molecule has 3 nitrogen and oxygen atoms in total. The summed E-state index contributed by atoms with van der Waals surface area (Å²) in [6.07, 6.45) is 1.15. The van der Waals surface area contributed by atoms with Gasteiger partial charge in [-0.3, -0.25) is 4.68 Å². The molecule has 1 N–H and O–H groups in total. The van der Waals surface area contributed by atoms with Crippen molar-refractivity contribution in [3.05, 3.63) is 41.2 Å². The molecule has 0 fully saturated rings. The number of aryl methyl sites for hydroxylation is 2. The van der Waals surface area contributed by atoms with Crippen LogP contribution in [0.3, 0.4) is 0 Å². The second-order valence-corrected chi connectivity index (χ2v) is 5.43. The number of hydrogen-bond acceptors (Lipinski definition) is 2. The molecule has 0 saturated heterocycles. The maximum atomic E-state index is 4.55. The topological polar surface area (TPSA) is 29.9 Å². The van der Waals surface area contributed by atoms with E-state index in [1.54, 1.807) is 0 Å². The lowest BCUT2D eigenvalue weighted by molar-refractivity contribution is 0.571. The van der Waals surface area contributed by atoms with E-state index >= 15 is 0 Å². The van der Waals surface area contributed by atoms with Gasteiger partial charge < -0.3 is 5.32 Å². The molecule has 0 saturated carbocycles. The SMILES string of the molecule is CCCNC(C)c1ccccc1-c1c(C)nn(C)c1C. The van der Waals surface area contributed by atoms with Gasteiger partial charge in [-0.05, 0) is 44.9 Å². The van der Waals surface area contributed by atoms with E-state index in [0.29, 0.717) is 6.04 Å². The molecule has 0 aliphatic carbocycles. The molecule has 0 aliphatic heterocycles. The second kappa shape index (κ2) is 6.23. The first kappa shape index (κ1) is 14.8. The number of aromatic nitrogens is 2. The van der Waals surface area contributed by atoms with Crippen molar-refractivity contribution in [1.82, 2.24) is 15.1 Å². The van der Waals surface area contributed by atoms with Gasteiger partial charge in [-0.2, -0.15) is 5.10 Å². The Kier molecular flexibility index (Phi) is 4.61. The summed E-state index contributed by atoms with van der Waals surface area (Å²) in [5.74, 6) is 0. The molecular weight excluding hydrogens is 246 g/mol. The normalized spacial score (nSPS) is 12.7. The van der Waals surface area contributed by atoms with Gasteiger partial charge in [0.1, 0.15) is 0 Å². The molecule has 1 aromatic heterocycles. The summed E-state index contributed by atoms with van der Waals surface area (Å²) in [4.78, 5) is 0. The van der Waals surface area contributed by atoms with Crippen LogP contribution >= 0.6 is 0 Å². The van der Waals surface area contributed by atoms with Crippen molar-refractivity contribution in [3.8, 4) is 11.1 Å². The van der Waals surface area contributed by atoms with Crippen LogP contribution in [0.5, 0.6) is 0 Å². The molecule has 1 atom stereocenters. The van der Waals surface area contributed by atoms with Crippen LogP contribution in [0.4, 0.5) is 0 Å². The zero-order chi connectivity index (χ0) is 14.7. The van der Waals surface area contributed by atoms with Crippen LogP contribution in [0.25, 0.3) is 11.1 Å². The quantitative estimate of drug-likeness (QED) is 0.897. The van der Waals surface area contributed by atoms with Crippen molar-refractivity contribution in [3.63, 3.8) is 0 Å². The Morgan fingerprint density at radius 3 is 2.55 bits per heavy atom. The van der Waals surface area contributed by atoms with E-state index in [1.807, 2.05) is 11.7 Å². The summed E-state index contributed by atoms with van der Waals surface area (Å²) in [7, 11) is 2.01. The molecule has 0 bridgehead atoms. The van der Waals surface area contributed by atoms with Crippen molar-refractivity contribution in [2.45, 2.75) is 40.2 Å². The lowest BCUT2D eigenvalue weighted by Gasteiger charge is -2.18. The maximum absolute atomic E-state index is 4.55. The Morgan fingerprint density at radius 1 is 1.25 bits per heavy atom. The molecule has 0 aliphatic rings. The molecule has 108 valence electrons. The monoisotopic (exact) mass is 271 g/mol. The van der Waals surface area contributed by atoms with E-state index in [0.717, 1.165) is 18.7 Å². The second-order valence-electron chi connectivity index (χ2n) is 5.43. The van der Waals surface area contributed by atoms with Crippen LogP contribution < -0.4 is 5.32 Å². The third kappa shape index (κ3) is 2.78. The molecular formula is C17H25N3. The first-order valence-electron chi connectivity index (χ1n) is 7.39. The molecule has 1 aromatic carbocycles. The minimum absolute atomic E-state index is 0.352. The highest BCUT2D eigenvalue weighted by Crippen LogP contribution is 2.32. The van der Waals surface area contributed by atoms with Gasteiger partial charge in [0.05, 0.1) is 5.69 Å². The molecule has 20 heavy (non-hydrogen) atoms. The summed E-state index contributed by atoms with van der Waals surface area (Å²) >= 11 is 0. The third-order valence-electron chi connectivity index (χ3n) is 3.91. The highest BCUT2D eigenvalue weighted by molar-refractivity contribution is 5.72. The largest absolute Gasteiger partial charge is 0.310 e. The zero-order valence-corrected chi connectivity index (χ0v) is 13.2. The molecule has 3 heteroatoms. The Balaban J connectivity index is 2.47. The smallest absolute Gasteiger partial charge is 0.0674 e. The van der Waals surface area contributed by atoms with E-state index in [1.165, 1.54) is 22.4 Å². The highest BCUT2D eigenvalue weighted by atomic mass is 15.3. The van der Waals surface area contributed by atoms with Crippen molar-refractivity contribution in [1.29, 1.82) is 0 Å². The highest BCUT2D eigenvalue weighted by Gasteiger charge is 2.17. The van der Waals surface area contributed by atoms with Gasteiger partial charge in [-0.15, -0.1) is 0 Å². The third-order valence-corrected chi connectivity index (χ3v) is 3.91. The van der Waals surface area contributed by atoms with Gasteiger partial charge in [-0.1, -0.05) is 31.2 Å². The average molecular weight is 271 g/mol. The molecule has 2 rings (SSSR count). The van der Waals surface area contributed by atoms with Crippen LogP contribution in [0.1, 0.15) is 43.3 Å². The molecule has 2 aromatic rings. The van der Waals surface area contributed by atoms with Crippen LogP contribution in [-0.2, 0) is 7.05 Å². The van der Waals surface area contributed by atoms with Crippen molar-refractivity contribution in [2.24, 2.45) is 7.05 Å². The van der Waals surface area contributed by atoms with Gasteiger partial charge in [0, 0.05) is 24.3 Å². The van der Waals surface area contributed by atoms with E-state index in [4.69, 9.17) is 0 Å². The van der Waals surface area contributed by atoms with E-state index in [-0.39, 0.29) is 0 Å². The number of benzene rings is 1. The number of rotatable bonds is 5. The Bertz CT molecular complexity index is 584. The molecule has 0 radical (unpaired) electrons. The van der Waals surface area contributed by atoms with Gasteiger partial charge in [0.25, 0.3) is 0 Å². The first-order chi connectivity index (χ1) is 9.56. The van der Waals surface area contributed by atoms with Crippen LogP contribution in [0.2, 0.25) is 0 Å². The van der Waals surface area contributed by atoms with Gasteiger partial charge >= 0.3 is 0 Å². The zero-order valence-electron chi connectivity index (χ0n) is 13.2. The van der Waals surface area contributed by atoms with E-state index < -0.39 is 0 Å². The predicted octanol–water partition coefficient (Wildman–Crippen LogP) is 3.76. The first-order valence-corrected chi connectivity index (χ1v) is 7.39. The van der Waals surface area contributed by atoms with Gasteiger partial charge in [0.15, 0.2) is 0 Å². The molecule has 1 heterocycles. The molecule has 0 amide bonds. The number of nitrogens with one attached hydrogen (secondary N) is 1. The number of nitrogens with zero attached hydrogens (tertiary/aromatic N) is 2. The van der Waals surface area contributed by atoms with E-state index in [9.17, 15) is 0 Å². The van der Waals surface area contributed by atoms with Gasteiger partial charge in [0.2, 0.25) is 0 Å². The molecule has 1 unspecified atom stereocenters. The van der Waals surface area contributed by atoms with Crippen molar-refractivity contribution < 1.29 is 0 Å². The van der Waals surface area contributed by atoms with Crippen molar-refractivity contribution >= 4 is 0 Å². The lowest BCUT2D eigenvalue weighted by atomic mass is 9.94. The minimum atomic E-state index is 0.352. The van der Waals surface area contributed by atoms with Crippen LogP contribution in [-0.4, -0.2) is 16.3 Å². The van der Waals surface area contributed by atoms with Crippen molar-refractivity contribution in [2.75, 3.05) is 6.54 Å². The van der Waals surface area contributed by atoms with E-state index in [2.05, 4.69) is 62.4 Å². The summed E-state index contributed by atoms with van der Waals surface area (Å²) < 4.78 is 1.96. The standard InChI is InChI=1S/C17H25N3/c1-6-11-18-12(2)15-9-7-8-10-16(15)17-13(3)19-20(5)14(17)4/h7-10,12,18H,6,11H2,1-5H3. The lowest BCUT2D eigenvalue weighted by Crippen LogP contribution is -2.19. The summed E-state index contributed by atoms with van der Waals surface area (Å²) in [6.45, 7) is 9.69. The summed E-state index contributed by atoms with van der Waals surface area (Å²) in [5.41, 5.74) is 6.23. The summed E-state index contributed by atoms with van der Waals surface area (Å²) in [6, 6.07) is 9.00. The Labute approximate surface area is 122 Å². The Morgan fingerprint density at radius 2 is 1.95 bits per heavy atom. The maximum Gasteiger partial charge on any atom is 0.0674 e. The predicted molar refractivity (Wildman–Crippen MR) is 84.8 cm³/mol. The number of hydrogen-bond donors (Lipinski definition) is 1. The molecule has 0 spiro atoms. The fourth-order valence-corrected chi connectivity index (χ4v) is 2.74. The Hall–Kier alpha value is -1.61. The fourth-order valence-electron chi connectivity index (χ4n) is 2.74. The minimum Gasteiger partial charge on any atom is -0.310 e. The average Bonchev–Trinajstić information content (AvgIpc) is 2.69. The van der Waals surface area contributed by atoms with Crippen LogP contribution in [0.15, 0.2) is 24.3 Å². The summed E-state index contributed by atoms with van der Waals surface area (Å²) in [5, 5.41) is 8.12. The van der Waals surface area contributed by atoms with Crippen LogP contribution in [0, 0.1) is 13.8 Å². The fraction of sp³-hybridized carbons (Fsp3) is 0.471.